The minimum Gasteiger partial charge on any atom is -0.508 e. The molecule has 2 aliphatic rings. The first-order valence-electron chi connectivity index (χ1n) is 35.1. The third-order valence-corrected chi connectivity index (χ3v) is 17.2. The number of allylic oxidation sites excluding steroid dienone is 4. The Balaban J connectivity index is 0.00000753. The number of nitrogens with one attached hydrogen (secondary N) is 3. The van der Waals surface area contributed by atoms with Crippen molar-refractivity contribution in [3.05, 3.63) is 95.2 Å². The van der Waals surface area contributed by atoms with E-state index in [4.69, 9.17) is 44.7 Å². The fourth-order valence-electron chi connectivity index (χ4n) is 10.7. The van der Waals surface area contributed by atoms with Crippen molar-refractivity contribution in [1.82, 2.24) is 10.6 Å². The van der Waals surface area contributed by atoms with Gasteiger partial charge in [-0.3, -0.25) is 33.0 Å². The maximum Gasteiger partial charge on any atom is 0.472 e. The van der Waals surface area contributed by atoms with Gasteiger partial charge >= 0.3 is 25.9 Å². The van der Waals surface area contributed by atoms with Gasteiger partial charge in [-0.1, -0.05) is 153 Å². The molecule has 94 heavy (non-hydrogen) atoms. The number of hydrogen-bond donors (Lipinski definition) is 5. The molecule has 5 N–H and O–H groups in total. The van der Waals surface area contributed by atoms with Crippen molar-refractivity contribution in [3.63, 3.8) is 0 Å². The number of amides is 1. The molecule has 4 rings (SSSR count). The van der Waals surface area contributed by atoms with Crippen LogP contribution in [-0.4, -0.2) is 83.9 Å². The molecule has 1 aliphatic carbocycles. The van der Waals surface area contributed by atoms with E-state index in [0.29, 0.717) is 61.6 Å². The molecule has 0 spiro atoms. The largest absolute Gasteiger partial charge is 0.508 e. The highest BCUT2D eigenvalue weighted by molar-refractivity contribution is 7.80. The number of unbranched alkanes of at least 4 members (excludes halogenated alkanes) is 25. The maximum atomic E-state index is 12.9. The summed E-state index contributed by atoms with van der Waals surface area (Å²) in [6.07, 6.45) is 42.8. The van der Waals surface area contributed by atoms with Gasteiger partial charge in [-0.05, 0) is 157 Å². The van der Waals surface area contributed by atoms with E-state index >= 15 is 0 Å². The van der Waals surface area contributed by atoms with Crippen molar-refractivity contribution in [3.8, 4) is 28.2 Å². The average Bonchev–Trinajstić information content (AvgIpc) is 0.760. The molecule has 18 nitrogen and oxygen atoms in total. The molecule has 0 fully saturated rings. The fourth-order valence-corrected chi connectivity index (χ4v) is 11.7. The predicted octanol–water partition coefficient (Wildman–Crippen LogP) is 17.8. The van der Waals surface area contributed by atoms with E-state index in [9.17, 15) is 38.5 Å². The van der Waals surface area contributed by atoms with Gasteiger partial charge in [0, 0.05) is 79.5 Å². The van der Waals surface area contributed by atoms with Crippen LogP contribution in [0.15, 0.2) is 94.2 Å². The molecule has 20 heteroatoms. The smallest absolute Gasteiger partial charge is 0.472 e. The van der Waals surface area contributed by atoms with Gasteiger partial charge in [-0.2, -0.15) is 9.59 Å². The summed E-state index contributed by atoms with van der Waals surface area (Å²) in [5.41, 5.74) is 3.68. The van der Waals surface area contributed by atoms with Crippen LogP contribution >= 0.6 is 20.0 Å². The number of Topliss-reactive ketones (excluding diaryl/α,β-unsaturated/α-hetero) is 1. The van der Waals surface area contributed by atoms with Crippen molar-refractivity contribution in [2.24, 2.45) is 0 Å². The van der Waals surface area contributed by atoms with Crippen LogP contribution in [-0.2, 0) is 51.9 Å². The number of carbonyl (C=O) groups is 4. The molecule has 2 aromatic rings. The van der Waals surface area contributed by atoms with Crippen LogP contribution in [0.1, 0.15) is 251 Å². The number of carbonyl (C=O) groups excluding carboxylic acids is 6. The highest BCUT2D eigenvalue weighted by atomic mass is 32.1. The summed E-state index contributed by atoms with van der Waals surface area (Å²) in [4.78, 5) is 89.6. The number of phosphoric acid groups is 1. The van der Waals surface area contributed by atoms with Gasteiger partial charge in [0.05, 0.1) is 13.2 Å². The number of thiocarbonyl (C=S) groups is 1. The first kappa shape index (κ1) is 81.9. The summed E-state index contributed by atoms with van der Waals surface area (Å²) >= 11 is 5.53. The van der Waals surface area contributed by atoms with E-state index in [2.05, 4.69) is 54.1 Å². The van der Waals surface area contributed by atoms with Crippen LogP contribution in [0.25, 0.3) is 33.4 Å². The van der Waals surface area contributed by atoms with Crippen LogP contribution < -0.4 is 21.4 Å². The minimum absolute atomic E-state index is 0.0482. The molecule has 1 amide bonds. The van der Waals surface area contributed by atoms with Gasteiger partial charge in [0.1, 0.15) is 29.5 Å². The molecular weight excluding hydrogens is 1230 g/mol. The summed E-state index contributed by atoms with van der Waals surface area (Å²) in [7, 11) is -4.61. The number of hydrogen-bond acceptors (Lipinski definition) is 15. The normalized spacial score (nSPS) is 12.3. The second kappa shape index (κ2) is 52.9. The summed E-state index contributed by atoms with van der Waals surface area (Å²) in [6, 6.07) is 17.4. The zero-order valence-corrected chi connectivity index (χ0v) is 58.1. The quantitative estimate of drug-likeness (QED) is 0.00687. The first-order chi connectivity index (χ1) is 45.7. The molecule has 0 radical (unpaired) electrons. The molecule has 0 saturated carbocycles. The number of esters is 2. The highest BCUT2D eigenvalue weighted by Crippen LogP contribution is 2.44. The Labute approximate surface area is 564 Å². The molecule has 1 aliphatic heterocycles. The van der Waals surface area contributed by atoms with Crippen molar-refractivity contribution < 1.29 is 66.3 Å². The van der Waals surface area contributed by atoms with E-state index in [1.807, 2.05) is 24.3 Å². The van der Waals surface area contributed by atoms with E-state index in [1.54, 1.807) is 18.2 Å². The van der Waals surface area contributed by atoms with Gasteiger partial charge in [0.2, 0.25) is 5.91 Å². The van der Waals surface area contributed by atoms with Gasteiger partial charge in [-0.25, -0.2) is 4.57 Å². The number of aromatic hydroxyl groups is 1. The maximum absolute atomic E-state index is 12.9. The van der Waals surface area contributed by atoms with Gasteiger partial charge in [-0.15, -0.1) is 0 Å². The Bertz CT molecular complexity index is 2920. The summed E-state index contributed by atoms with van der Waals surface area (Å²) in [5.74, 6) is -0.555. The zero-order valence-electron chi connectivity index (χ0n) is 56.4. The van der Waals surface area contributed by atoms with Crippen molar-refractivity contribution >= 4 is 71.6 Å². The molecule has 0 saturated heterocycles. The average molecular weight is 1340 g/mol. The minimum atomic E-state index is -4.61. The lowest BCUT2D eigenvalue weighted by Crippen LogP contribution is -2.29. The fraction of sp³-hybridized carbons (Fsp3) is 0.608. The number of rotatable bonds is 54. The highest BCUT2D eigenvalue weighted by Gasteiger charge is 2.26. The SMILES string of the molecule is CCCCCCCC/C=C\CCCCCCCC(=O)OCC(COP(=O)(O)OCCCC(=O)CCCCC(=O)NCCCCCNC(=S)Nc1ccc(-c2c3ccc(=O)cc-3oc3cc(O)ccc23)cc1)OC(=O)CCCCCCC/C=C\CCCCCCCC.O=C=O. The van der Waals surface area contributed by atoms with Crippen LogP contribution in [0.2, 0.25) is 0 Å². The van der Waals surface area contributed by atoms with Gasteiger partial charge < -0.3 is 39.8 Å². The Morgan fingerprint density at radius 2 is 1.10 bits per heavy atom. The van der Waals surface area contributed by atoms with E-state index in [-0.39, 0.29) is 74.3 Å². The lowest BCUT2D eigenvalue weighted by atomic mass is 9.93. The van der Waals surface area contributed by atoms with Crippen LogP contribution in [0.4, 0.5) is 5.69 Å². The number of phenols is 1. The Hall–Kier alpha value is -6.33. The Kier molecular flexibility index (Phi) is 46.1. The molecule has 2 atom stereocenters. The van der Waals surface area contributed by atoms with Crippen molar-refractivity contribution in [2.75, 3.05) is 38.2 Å². The van der Waals surface area contributed by atoms with Gasteiger partial charge in [0.25, 0.3) is 0 Å². The number of ketones is 1. The number of ether oxygens (including phenoxy) is 2. The monoisotopic (exact) mass is 1340 g/mol. The number of benzene rings is 3. The molecule has 522 valence electrons. The standard InChI is InChI=1S/C73H110N3O13PS.CO2/c1-3-5-7-9-11-13-15-17-19-21-23-25-27-29-32-42-70(81)85-57-64(88-71(82)43-33-30-28-26-24-22-20-18-16-14-12-10-8-6-4-2)58-87-90(83,84)86-54-38-40-61(77)39-34-35-41-69(80)74-52-36-31-37-53-75-73(91)76-60-46-44-59(45-47-60)72-65-50-48-62(78)55-67(65)89-68-56-63(79)49-51-66(68)72;2-1-3/h17-20,44-51,55-56,64,78H,3-16,21-43,52-54,57-58H2,1-2H3,(H,74,80)(H,83,84)(H2,75,76,91);/b19-17-,20-18-;. The topological polar surface area (TPSA) is 263 Å². The second-order valence-corrected chi connectivity index (χ2v) is 26.0. The van der Waals surface area contributed by atoms with E-state index in [1.165, 1.54) is 95.2 Å². The molecule has 2 aromatic carbocycles. The number of anilines is 1. The third kappa shape index (κ3) is 40.2. The molecule has 1 heterocycles. The summed E-state index contributed by atoms with van der Waals surface area (Å²) in [5, 5.41) is 20.8. The second-order valence-electron chi connectivity index (χ2n) is 24.2. The zero-order chi connectivity index (χ0) is 68.1. The number of phenolic OH excluding ortho intramolecular Hbond substituents is 1. The lowest BCUT2D eigenvalue weighted by molar-refractivity contribution is -0.191. The van der Waals surface area contributed by atoms with Gasteiger partial charge in [0.15, 0.2) is 16.6 Å². The lowest BCUT2D eigenvalue weighted by Gasteiger charge is -2.20. The van der Waals surface area contributed by atoms with Crippen molar-refractivity contribution in [2.45, 2.75) is 258 Å². The molecule has 0 bridgehead atoms. The third-order valence-electron chi connectivity index (χ3n) is 16.0. The number of fused-ring (bicyclic) bond motifs is 2. The Morgan fingerprint density at radius 3 is 1.69 bits per heavy atom. The van der Waals surface area contributed by atoms with E-state index in [0.717, 1.165) is 124 Å². The first-order valence-corrected chi connectivity index (χ1v) is 37.0. The molecule has 2 unspecified atom stereocenters. The van der Waals surface area contributed by atoms with E-state index < -0.39 is 32.5 Å². The number of phosphoric ester groups is 1. The van der Waals surface area contributed by atoms with Crippen LogP contribution in [0.5, 0.6) is 5.75 Å². The summed E-state index contributed by atoms with van der Waals surface area (Å²) in [6.45, 7) is 4.62. The van der Waals surface area contributed by atoms with Crippen molar-refractivity contribution in [1.29, 1.82) is 0 Å². The Morgan fingerprint density at radius 1 is 0.585 bits per heavy atom. The summed E-state index contributed by atoms with van der Waals surface area (Å²) < 4.78 is 40.4. The predicted molar refractivity (Wildman–Crippen MR) is 376 cm³/mol. The molecule has 0 aromatic heterocycles. The molecular formula is C74H110N3O15PS. The van der Waals surface area contributed by atoms with Crippen LogP contribution in [0.3, 0.4) is 0 Å². The van der Waals surface area contributed by atoms with Crippen LogP contribution in [0, 0.1) is 0 Å².